The van der Waals surface area contributed by atoms with Crippen LogP contribution in [0.15, 0.2) is 28.7 Å². The van der Waals surface area contributed by atoms with Crippen molar-refractivity contribution in [2.75, 3.05) is 27.4 Å². The van der Waals surface area contributed by atoms with Crippen molar-refractivity contribution in [3.63, 3.8) is 0 Å². The molecule has 1 amide bonds. The Morgan fingerprint density at radius 1 is 1.30 bits per heavy atom. The second kappa shape index (κ2) is 10.4. The van der Waals surface area contributed by atoms with Crippen LogP contribution in [-0.2, 0) is 9.53 Å². The van der Waals surface area contributed by atoms with E-state index in [1.807, 2.05) is 23.1 Å². The maximum atomic E-state index is 12.6. The standard InChI is InChI=1S/C18H26BrNO3/c1-5-16(6-2)20(11-12-22-3)18(21)10-7-14-13-15(19)8-9-17(14)23-4/h7-10,13,16H,5-6,11-12H2,1-4H3/b10-7+. The Balaban J connectivity index is 2.94. The monoisotopic (exact) mass is 383 g/mol. The number of carbonyl (C=O) groups is 1. The molecule has 0 aromatic heterocycles. The number of hydrogen-bond donors (Lipinski definition) is 0. The van der Waals surface area contributed by atoms with Gasteiger partial charge < -0.3 is 14.4 Å². The lowest BCUT2D eigenvalue weighted by molar-refractivity contribution is -0.129. The number of methoxy groups -OCH3 is 2. The Bertz CT molecular complexity index is 527. The highest BCUT2D eigenvalue weighted by Crippen LogP contribution is 2.24. The minimum atomic E-state index is -0.00206. The fourth-order valence-electron chi connectivity index (χ4n) is 2.48. The summed E-state index contributed by atoms with van der Waals surface area (Å²) in [5.74, 6) is 0.737. The second-order valence-corrected chi connectivity index (χ2v) is 6.13. The van der Waals surface area contributed by atoms with Crippen LogP contribution in [0.2, 0.25) is 0 Å². The molecule has 0 aliphatic heterocycles. The summed E-state index contributed by atoms with van der Waals surface area (Å²) in [7, 11) is 3.27. The summed E-state index contributed by atoms with van der Waals surface area (Å²) < 4.78 is 11.4. The lowest BCUT2D eigenvalue weighted by Crippen LogP contribution is -2.40. The number of nitrogens with zero attached hydrogens (tertiary/aromatic N) is 1. The van der Waals surface area contributed by atoms with Gasteiger partial charge in [0.05, 0.1) is 13.7 Å². The summed E-state index contributed by atoms with van der Waals surface area (Å²) in [6, 6.07) is 5.94. The van der Waals surface area contributed by atoms with Crippen molar-refractivity contribution in [1.29, 1.82) is 0 Å². The zero-order valence-corrected chi connectivity index (χ0v) is 15.9. The number of halogens is 1. The normalized spacial score (nSPS) is 11.2. The summed E-state index contributed by atoms with van der Waals surface area (Å²) in [5.41, 5.74) is 0.867. The summed E-state index contributed by atoms with van der Waals surface area (Å²) in [6.45, 7) is 5.34. The van der Waals surface area contributed by atoms with Gasteiger partial charge in [-0.15, -0.1) is 0 Å². The van der Waals surface area contributed by atoms with Crippen LogP contribution < -0.4 is 4.74 Å². The third kappa shape index (κ3) is 5.99. The van der Waals surface area contributed by atoms with Gasteiger partial charge in [-0.3, -0.25) is 4.79 Å². The highest BCUT2D eigenvalue weighted by atomic mass is 79.9. The summed E-state index contributed by atoms with van der Waals surface area (Å²) in [6.07, 6.45) is 5.27. The van der Waals surface area contributed by atoms with Crippen LogP contribution in [0.3, 0.4) is 0 Å². The van der Waals surface area contributed by atoms with Crippen molar-refractivity contribution in [2.24, 2.45) is 0 Å². The zero-order chi connectivity index (χ0) is 17.2. The highest BCUT2D eigenvalue weighted by molar-refractivity contribution is 9.10. The number of carbonyl (C=O) groups excluding carboxylic acids is 1. The molecule has 0 unspecified atom stereocenters. The van der Waals surface area contributed by atoms with E-state index >= 15 is 0 Å². The molecule has 0 saturated carbocycles. The van der Waals surface area contributed by atoms with E-state index in [-0.39, 0.29) is 11.9 Å². The van der Waals surface area contributed by atoms with Gasteiger partial charge in [0.25, 0.3) is 0 Å². The van der Waals surface area contributed by atoms with Crippen LogP contribution in [-0.4, -0.2) is 44.2 Å². The van der Waals surface area contributed by atoms with Crippen LogP contribution >= 0.6 is 15.9 Å². The molecule has 0 aliphatic rings. The van der Waals surface area contributed by atoms with Gasteiger partial charge in [-0.2, -0.15) is 0 Å². The van der Waals surface area contributed by atoms with Gasteiger partial charge in [-0.25, -0.2) is 0 Å². The molecular formula is C18H26BrNO3. The van der Waals surface area contributed by atoms with Gasteiger partial charge in [0.2, 0.25) is 5.91 Å². The van der Waals surface area contributed by atoms with Crippen LogP contribution in [0.1, 0.15) is 32.3 Å². The van der Waals surface area contributed by atoms with E-state index in [4.69, 9.17) is 9.47 Å². The molecule has 5 heteroatoms. The van der Waals surface area contributed by atoms with E-state index in [1.165, 1.54) is 0 Å². The highest BCUT2D eigenvalue weighted by Gasteiger charge is 2.18. The van der Waals surface area contributed by atoms with Crippen molar-refractivity contribution < 1.29 is 14.3 Å². The van der Waals surface area contributed by atoms with Gasteiger partial charge in [0, 0.05) is 35.8 Å². The molecule has 1 rings (SSSR count). The third-order valence-corrected chi connectivity index (χ3v) is 4.29. The molecule has 0 bridgehead atoms. The topological polar surface area (TPSA) is 38.8 Å². The van der Waals surface area contributed by atoms with E-state index in [0.29, 0.717) is 13.2 Å². The summed E-state index contributed by atoms with van der Waals surface area (Å²) in [4.78, 5) is 14.5. The van der Waals surface area contributed by atoms with Gasteiger partial charge in [0.15, 0.2) is 0 Å². The van der Waals surface area contributed by atoms with Crippen molar-refractivity contribution in [2.45, 2.75) is 32.7 Å². The first-order chi connectivity index (χ1) is 11.1. The lowest BCUT2D eigenvalue weighted by atomic mass is 10.1. The zero-order valence-electron chi connectivity index (χ0n) is 14.3. The smallest absolute Gasteiger partial charge is 0.246 e. The molecule has 1 aromatic rings. The first-order valence-corrected chi connectivity index (χ1v) is 8.67. The number of ether oxygens (including phenoxy) is 2. The quantitative estimate of drug-likeness (QED) is 0.601. The van der Waals surface area contributed by atoms with Crippen molar-refractivity contribution in [1.82, 2.24) is 4.90 Å². The molecule has 0 atom stereocenters. The molecule has 0 saturated heterocycles. The Labute approximate surface area is 147 Å². The van der Waals surface area contributed by atoms with Crippen molar-refractivity contribution in [3.8, 4) is 5.75 Å². The Morgan fingerprint density at radius 2 is 2.00 bits per heavy atom. The van der Waals surface area contributed by atoms with E-state index in [0.717, 1.165) is 28.6 Å². The van der Waals surface area contributed by atoms with Gasteiger partial charge >= 0.3 is 0 Å². The third-order valence-electron chi connectivity index (χ3n) is 3.80. The SMILES string of the molecule is CCC(CC)N(CCOC)C(=O)/C=C/c1cc(Br)ccc1OC. The number of benzene rings is 1. The molecule has 0 aliphatic carbocycles. The Hall–Kier alpha value is -1.33. The number of amides is 1. The van der Waals surface area contributed by atoms with E-state index in [1.54, 1.807) is 26.4 Å². The first kappa shape index (κ1) is 19.7. The maximum Gasteiger partial charge on any atom is 0.246 e. The van der Waals surface area contributed by atoms with Crippen LogP contribution in [0, 0.1) is 0 Å². The van der Waals surface area contributed by atoms with Gasteiger partial charge in [-0.1, -0.05) is 29.8 Å². The average molecular weight is 384 g/mol. The predicted molar refractivity (Wildman–Crippen MR) is 97.7 cm³/mol. The Kier molecular flexibility index (Phi) is 8.95. The molecule has 0 fully saturated rings. The molecule has 0 spiro atoms. The van der Waals surface area contributed by atoms with Crippen molar-refractivity contribution >= 4 is 27.9 Å². The van der Waals surface area contributed by atoms with Crippen LogP contribution in [0.4, 0.5) is 0 Å². The fraction of sp³-hybridized carbons (Fsp3) is 0.500. The van der Waals surface area contributed by atoms with E-state index in [2.05, 4.69) is 29.8 Å². The fourth-order valence-corrected chi connectivity index (χ4v) is 2.86. The average Bonchev–Trinajstić information content (AvgIpc) is 2.56. The summed E-state index contributed by atoms with van der Waals surface area (Å²) in [5, 5.41) is 0. The van der Waals surface area contributed by atoms with E-state index < -0.39 is 0 Å². The molecular weight excluding hydrogens is 358 g/mol. The predicted octanol–water partition coefficient (Wildman–Crippen LogP) is 4.13. The van der Waals surface area contributed by atoms with Crippen molar-refractivity contribution in [3.05, 3.63) is 34.3 Å². The Morgan fingerprint density at radius 3 is 2.57 bits per heavy atom. The van der Waals surface area contributed by atoms with E-state index in [9.17, 15) is 4.79 Å². The van der Waals surface area contributed by atoms with Gasteiger partial charge in [-0.05, 0) is 37.1 Å². The molecule has 1 aromatic carbocycles. The molecule has 0 N–H and O–H groups in total. The van der Waals surface area contributed by atoms with Crippen LogP contribution in [0.5, 0.6) is 5.75 Å². The number of rotatable bonds is 9. The minimum absolute atomic E-state index is 0.00206. The van der Waals surface area contributed by atoms with Crippen LogP contribution in [0.25, 0.3) is 6.08 Å². The van der Waals surface area contributed by atoms with Gasteiger partial charge in [0.1, 0.15) is 5.75 Å². The summed E-state index contributed by atoms with van der Waals surface area (Å²) >= 11 is 3.44. The first-order valence-electron chi connectivity index (χ1n) is 7.88. The molecule has 128 valence electrons. The largest absolute Gasteiger partial charge is 0.496 e. The second-order valence-electron chi connectivity index (χ2n) is 5.21. The minimum Gasteiger partial charge on any atom is -0.496 e. The maximum absolute atomic E-state index is 12.6. The molecule has 4 nitrogen and oxygen atoms in total. The molecule has 23 heavy (non-hydrogen) atoms. The lowest BCUT2D eigenvalue weighted by Gasteiger charge is -2.29. The number of hydrogen-bond acceptors (Lipinski definition) is 3. The molecule has 0 radical (unpaired) electrons. The molecule has 0 heterocycles.